The number of hydrogen-bond acceptors (Lipinski definition) is 2. The molecule has 114 valence electrons. The van der Waals surface area contributed by atoms with Crippen molar-refractivity contribution in [1.82, 2.24) is 5.32 Å². The molecule has 3 unspecified atom stereocenters. The van der Waals surface area contributed by atoms with Gasteiger partial charge in [0, 0.05) is 9.86 Å². The molecule has 3 rings (SSSR count). The van der Waals surface area contributed by atoms with Crippen LogP contribution in [0.2, 0.25) is 0 Å². The number of furan rings is 1. The molecule has 3 heteroatoms. The van der Waals surface area contributed by atoms with E-state index in [9.17, 15) is 0 Å². The van der Waals surface area contributed by atoms with Crippen LogP contribution in [0.4, 0.5) is 0 Å². The molecular weight excluding hydrogens is 326 g/mol. The summed E-state index contributed by atoms with van der Waals surface area (Å²) in [6.45, 7) is 5.68. The molecule has 0 aliphatic heterocycles. The van der Waals surface area contributed by atoms with E-state index in [1.54, 1.807) is 0 Å². The van der Waals surface area contributed by atoms with Crippen molar-refractivity contribution >= 4 is 26.9 Å². The summed E-state index contributed by atoms with van der Waals surface area (Å²) in [5.41, 5.74) is 0.966. The lowest BCUT2D eigenvalue weighted by Crippen LogP contribution is -2.28. The summed E-state index contributed by atoms with van der Waals surface area (Å²) < 4.78 is 7.06. The van der Waals surface area contributed by atoms with Crippen LogP contribution in [0.5, 0.6) is 0 Å². The topological polar surface area (TPSA) is 25.2 Å². The summed E-state index contributed by atoms with van der Waals surface area (Å²) in [4.78, 5) is 0. The molecule has 1 saturated carbocycles. The van der Waals surface area contributed by atoms with Crippen molar-refractivity contribution in [3.63, 3.8) is 0 Å². The minimum atomic E-state index is 0.272. The molecule has 1 aromatic carbocycles. The Morgan fingerprint density at radius 1 is 1.33 bits per heavy atom. The van der Waals surface area contributed by atoms with Crippen molar-refractivity contribution < 1.29 is 4.42 Å². The number of hydrogen-bond donors (Lipinski definition) is 1. The third kappa shape index (κ3) is 3.70. The maximum atomic E-state index is 5.96. The van der Waals surface area contributed by atoms with Crippen molar-refractivity contribution in [2.75, 3.05) is 6.54 Å². The minimum absolute atomic E-state index is 0.272. The molecule has 1 aromatic heterocycles. The van der Waals surface area contributed by atoms with E-state index in [1.165, 1.54) is 31.1 Å². The first-order valence-electron chi connectivity index (χ1n) is 8.04. The lowest BCUT2D eigenvalue weighted by atomic mass is 9.82. The second-order valence-electron chi connectivity index (χ2n) is 6.60. The van der Waals surface area contributed by atoms with Crippen LogP contribution >= 0.6 is 15.9 Å². The van der Waals surface area contributed by atoms with Crippen molar-refractivity contribution in [2.24, 2.45) is 11.8 Å². The molecule has 21 heavy (non-hydrogen) atoms. The van der Waals surface area contributed by atoms with Gasteiger partial charge in [0.15, 0.2) is 0 Å². The Kier molecular flexibility index (Phi) is 4.70. The zero-order chi connectivity index (χ0) is 14.8. The average Bonchev–Trinajstić information content (AvgIpc) is 2.88. The molecule has 1 N–H and O–H groups in total. The minimum Gasteiger partial charge on any atom is -0.459 e. The highest BCUT2D eigenvalue weighted by Crippen LogP contribution is 2.30. The van der Waals surface area contributed by atoms with Gasteiger partial charge in [-0.15, -0.1) is 0 Å². The number of nitrogens with one attached hydrogen (secondary N) is 1. The smallest absolute Gasteiger partial charge is 0.134 e. The molecule has 0 bridgehead atoms. The lowest BCUT2D eigenvalue weighted by Gasteiger charge is -2.27. The molecule has 3 atom stereocenters. The standard InChI is InChI=1S/C18H24BrNO/c1-12-4-3-5-14(8-12)11-20-13(2)18-10-15-9-16(19)6-7-17(15)21-18/h6-7,9-10,12-14,20H,3-5,8,11H2,1-2H3. The first-order chi connectivity index (χ1) is 10.1. The molecule has 1 fully saturated rings. The van der Waals surface area contributed by atoms with Crippen LogP contribution in [0.15, 0.2) is 33.2 Å². The van der Waals surface area contributed by atoms with Crippen LogP contribution < -0.4 is 5.32 Å². The van der Waals surface area contributed by atoms with E-state index in [2.05, 4.69) is 47.2 Å². The van der Waals surface area contributed by atoms with Gasteiger partial charge >= 0.3 is 0 Å². The van der Waals surface area contributed by atoms with Crippen LogP contribution in [0.1, 0.15) is 51.3 Å². The second kappa shape index (κ2) is 6.53. The molecule has 0 radical (unpaired) electrons. The first kappa shape index (κ1) is 15.1. The Labute approximate surface area is 135 Å². The van der Waals surface area contributed by atoms with Gasteiger partial charge in [0.1, 0.15) is 11.3 Å². The highest BCUT2D eigenvalue weighted by atomic mass is 79.9. The highest BCUT2D eigenvalue weighted by Gasteiger charge is 2.20. The predicted molar refractivity (Wildman–Crippen MR) is 91.5 cm³/mol. The average molecular weight is 350 g/mol. The van der Waals surface area contributed by atoms with Gasteiger partial charge < -0.3 is 9.73 Å². The Hall–Kier alpha value is -0.800. The van der Waals surface area contributed by atoms with Crippen LogP contribution in [-0.2, 0) is 0 Å². The molecule has 1 aliphatic rings. The number of halogens is 1. The molecule has 0 saturated heterocycles. The van der Waals surface area contributed by atoms with Gasteiger partial charge in [0.2, 0.25) is 0 Å². The van der Waals surface area contributed by atoms with E-state index in [-0.39, 0.29) is 6.04 Å². The van der Waals surface area contributed by atoms with Gasteiger partial charge in [-0.3, -0.25) is 0 Å². The van der Waals surface area contributed by atoms with Crippen molar-refractivity contribution in [2.45, 2.75) is 45.6 Å². The molecule has 2 aromatic rings. The fourth-order valence-electron chi connectivity index (χ4n) is 3.44. The zero-order valence-electron chi connectivity index (χ0n) is 12.9. The van der Waals surface area contributed by atoms with Gasteiger partial charge in [-0.05, 0) is 62.4 Å². The maximum Gasteiger partial charge on any atom is 0.134 e. The van der Waals surface area contributed by atoms with E-state index in [0.717, 1.165) is 34.2 Å². The fraction of sp³-hybridized carbons (Fsp3) is 0.556. The number of benzene rings is 1. The summed E-state index contributed by atoms with van der Waals surface area (Å²) in [7, 11) is 0. The quantitative estimate of drug-likeness (QED) is 0.768. The van der Waals surface area contributed by atoms with Gasteiger partial charge in [0.25, 0.3) is 0 Å². The molecule has 0 amide bonds. The van der Waals surface area contributed by atoms with E-state index in [0.29, 0.717) is 0 Å². The van der Waals surface area contributed by atoms with E-state index < -0.39 is 0 Å². The summed E-state index contributed by atoms with van der Waals surface area (Å²) >= 11 is 3.51. The van der Waals surface area contributed by atoms with Crippen LogP contribution in [0.25, 0.3) is 11.0 Å². The maximum absolute atomic E-state index is 5.96. The first-order valence-corrected chi connectivity index (χ1v) is 8.83. The van der Waals surface area contributed by atoms with Gasteiger partial charge in [-0.25, -0.2) is 0 Å². The summed E-state index contributed by atoms with van der Waals surface area (Å²) in [5.74, 6) is 2.76. The Morgan fingerprint density at radius 2 is 2.19 bits per heavy atom. The molecule has 1 aliphatic carbocycles. The fourth-order valence-corrected chi connectivity index (χ4v) is 3.82. The normalized spacial score (nSPS) is 24.3. The molecule has 1 heterocycles. The highest BCUT2D eigenvalue weighted by molar-refractivity contribution is 9.10. The van der Waals surface area contributed by atoms with Crippen molar-refractivity contribution in [1.29, 1.82) is 0 Å². The monoisotopic (exact) mass is 349 g/mol. The van der Waals surface area contributed by atoms with Crippen LogP contribution in [0, 0.1) is 11.8 Å². The van der Waals surface area contributed by atoms with E-state index in [1.807, 2.05) is 12.1 Å². The zero-order valence-corrected chi connectivity index (χ0v) is 14.4. The molecule has 0 spiro atoms. The van der Waals surface area contributed by atoms with E-state index in [4.69, 9.17) is 4.42 Å². The van der Waals surface area contributed by atoms with Gasteiger partial charge in [-0.2, -0.15) is 0 Å². The van der Waals surface area contributed by atoms with Gasteiger partial charge in [0.05, 0.1) is 6.04 Å². The van der Waals surface area contributed by atoms with E-state index >= 15 is 0 Å². The number of rotatable bonds is 4. The second-order valence-corrected chi connectivity index (χ2v) is 7.51. The summed E-state index contributed by atoms with van der Waals surface area (Å²) in [5, 5.41) is 4.83. The predicted octanol–water partition coefficient (Wildman–Crippen LogP) is 5.67. The third-order valence-electron chi connectivity index (χ3n) is 4.68. The lowest BCUT2D eigenvalue weighted by molar-refractivity contribution is 0.265. The van der Waals surface area contributed by atoms with Crippen molar-refractivity contribution in [3.8, 4) is 0 Å². The summed E-state index contributed by atoms with van der Waals surface area (Å²) in [6, 6.07) is 8.59. The van der Waals surface area contributed by atoms with Crippen molar-refractivity contribution in [3.05, 3.63) is 34.5 Å². The van der Waals surface area contributed by atoms with Crippen LogP contribution in [-0.4, -0.2) is 6.54 Å². The molecular formula is C18H24BrNO. The SMILES string of the molecule is CC1CCCC(CNC(C)c2cc3cc(Br)ccc3o2)C1. The Balaban J connectivity index is 1.62. The largest absolute Gasteiger partial charge is 0.459 e. The summed E-state index contributed by atoms with van der Waals surface area (Å²) in [6.07, 6.45) is 5.54. The molecule has 2 nitrogen and oxygen atoms in total. The Morgan fingerprint density at radius 3 is 3.00 bits per heavy atom. The van der Waals surface area contributed by atoms with Gasteiger partial charge in [-0.1, -0.05) is 35.7 Å². The third-order valence-corrected chi connectivity index (χ3v) is 5.18. The Bertz CT molecular complexity index is 606. The number of fused-ring (bicyclic) bond motifs is 1. The van der Waals surface area contributed by atoms with Crippen LogP contribution in [0.3, 0.4) is 0 Å².